The van der Waals surface area contributed by atoms with Crippen LogP contribution in [0.15, 0.2) is 30.5 Å². The fourth-order valence-corrected chi connectivity index (χ4v) is 1.17. The van der Waals surface area contributed by atoms with Crippen molar-refractivity contribution in [2.75, 3.05) is 0 Å². The highest BCUT2D eigenvalue weighted by Gasteiger charge is 2.05. The molecule has 0 aliphatic rings. The Balaban J connectivity index is 2.41. The topological polar surface area (TPSA) is 60.9 Å². The molecule has 15 heavy (non-hydrogen) atoms. The number of rotatable bonds is 2. The molecule has 2 rings (SSSR count). The quantitative estimate of drug-likeness (QED) is 0.790. The zero-order valence-corrected chi connectivity index (χ0v) is 7.64. The summed E-state index contributed by atoms with van der Waals surface area (Å²) in [5.74, 6) is -1.10. The molecule has 1 heterocycles. The van der Waals surface area contributed by atoms with E-state index in [1.165, 1.54) is 29.1 Å². The maximum absolute atomic E-state index is 12.8. The number of carbonyl (C=O) groups is 1. The second-order valence-electron chi connectivity index (χ2n) is 2.90. The first-order valence-corrected chi connectivity index (χ1v) is 4.20. The number of amides is 1. The fourth-order valence-electron chi connectivity index (χ4n) is 1.17. The van der Waals surface area contributed by atoms with Gasteiger partial charge in [-0.1, -0.05) is 0 Å². The summed E-state index contributed by atoms with van der Waals surface area (Å²) in [6.45, 7) is 0. The average Bonchev–Trinajstić information content (AvgIpc) is 2.66. The van der Waals surface area contributed by atoms with Gasteiger partial charge in [0.1, 0.15) is 11.5 Å². The summed E-state index contributed by atoms with van der Waals surface area (Å²) in [6.07, 6.45) is 1.54. The first kappa shape index (κ1) is 9.39. The van der Waals surface area contributed by atoms with Crippen LogP contribution in [0.1, 0.15) is 10.5 Å². The van der Waals surface area contributed by atoms with Crippen molar-refractivity contribution in [3.8, 4) is 5.69 Å². The molecule has 0 fully saturated rings. The summed E-state index contributed by atoms with van der Waals surface area (Å²) in [6, 6.07) is 8.17. The number of carbonyl (C=O) groups excluding carboxylic acids is 1. The molecule has 0 saturated carbocycles. The van der Waals surface area contributed by atoms with E-state index >= 15 is 0 Å². The third-order valence-electron chi connectivity index (χ3n) is 1.86. The van der Waals surface area contributed by atoms with Gasteiger partial charge in [0.25, 0.3) is 5.91 Å². The average molecular weight is 204 g/mol. The van der Waals surface area contributed by atoms with Gasteiger partial charge in [-0.05, 0) is 18.2 Å². The fraction of sp³-hybridized carbons (Fsp3) is 0. The molecule has 2 aromatic rings. The minimum Gasteiger partial charge on any atom is -0.364 e. The van der Waals surface area contributed by atoms with Crippen LogP contribution in [0, 0.1) is 11.9 Å². The zero-order valence-electron chi connectivity index (χ0n) is 7.64. The maximum atomic E-state index is 12.8. The predicted octanol–water partition coefficient (Wildman–Crippen LogP) is 0.910. The van der Waals surface area contributed by atoms with E-state index in [4.69, 9.17) is 5.73 Å². The van der Waals surface area contributed by atoms with E-state index in [1.807, 2.05) is 0 Å². The Hall–Kier alpha value is -2.17. The minimum absolute atomic E-state index is 0.142. The van der Waals surface area contributed by atoms with Gasteiger partial charge in [-0.15, -0.1) is 0 Å². The Morgan fingerprint density at radius 3 is 2.93 bits per heavy atom. The first-order valence-electron chi connectivity index (χ1n) is 4.20. The first-order chi connectivity index (χ1) is 7.16. The lowest BCUT2D eigenvalue weighted by molar-refractivity contribution is 0.0995. The molecule has 0 spiro atoms. The van der Waals surface area contributed by atoms with Crippen LogP contribution in [0.3, 0.4) is 0 Å². The number of benzene rings is 1. The van der Waals surface area contributed by atoms with Crippen molar-refractivity contribution in [3.63, 3.8) is 0 Å². The van der Waals surface area contributed by atoms with Crippen molar-refractivity contribution in [1.82, 2.24) is 9.78 Å². The lowest BCUT2D eigenvalue weighted by atomic mass is 10.3. The van der Waals surface area contributed by atoms with Crippen LogP contribution in [0.4, 0.5) is 4.39 Å². The van der Waals surface area contributed by atoms with Crippen LogP contribution >= 0.6 is 0 Å². The summed E-state index contributed by atoms with van der Waals surface area (Å²) >= 11 is 0. The number of primary amides is 1. The van der Waals surface area contributed by atoms with Gasteiger partial charge in [-0.3, -0.25) is 4.79 Å². The third kappa shape index (κ3) is 1.85. The molecule has 0 bridgehead atoms. The molecule has 1 aromatic heterocycles. The van der Waals surface area contributed by atoms with Crippen molar-refractivity contribution in [2.45, 2.75) is 0 Å². The van der Waals surface area contributed by atoms with Crippen LogP contribution in [0.5, 0.6) is 0 Å². The summed E-state index contributed by atoms with van der Waals surface area (Å²) in [5, 5.41) is 3.88. The van der Waals surface area contributed by atoms with Crippen LogP contribution in [0.2, 0.25) is 0 Å². The zero-order chi connectivity index (χ0) is 10.8. The Morgan fingerprint density at radius 2 is 2.33 bits per heavy atom. The van der Waals surface area contributed by atoms with E-state index in [0.29, 0.717) is 5.69 Å². The number of hydrogen-bond acceptors (Lipinski definition) is 2. The standard InChI is InChI=1S/C10H7FN3O/c11-7-2-1-3-8(6-7)14-5-4-9(13-14)10(12)15/h1,3-6H,(H2,12,15). The number of hydrogen-bond donors (Lipinski definition) is 1. The highest BCUT2D eigenvalue weighted by atomic mass is 19.1. The van der Waals surface area contributed by atoms with Gasteiger partial charge in [0.05, 0.1) is 5.69 Å². The van der Waals surface area contributed by atoms with Gasteiger partial charge in [0, 0.05) is 18.3 Å². The summed E-state index contributed by atoms with van der Waals surface area (Å²) in [4.78, 5) is 10.8. The van der Waals surface area contributed by atoms with E-state index in [1.54, 1.807) is 6.07 Å². The molecule has 1 amide bonds. The molecule has 0 atom stereocenters. The Bertz CT molecular complexity index is 507. The molecular formula is C10H7FN3O. The predicted molar refractivity (Wildman–Crippen MR) is 50.9 cm³/mol. The molecular weight excluding hydrogens is 197 g/mol. The monoisotopic (exact) mass is 204 g/mol. The van der Waals surface area contributed by atoms with Crippen LogP contribution in [0.25, 0.3) is 5.69 Å². The molecule has 0 unspecified atom stereocenters. The Morgan fingerprint density at radius 1 is 1.53 bits per heavy atom. The van der Waals surface area contributed by atoms with Gasteiger partial charge in [0.2, 0.25) is 0 Å². The van der Waals surface area contributed by atoms with Gasteiger partial charge in [-0.25, -0.2) is 9.07 Å². The Kier molecular flexibility index (Phi) is 2.21. The van der Waals surface area contributed by atoms with Crippen molar-refractivity contribution in [1.29, 1.82) is 0 Å². The summed E-state index contributed by atoms with van der Waals surface area (Å²) in [5.41, 5.74) is 5.69. The minimum atomic E-state index is -0.614. The Labute approximate surface area is 85.1 Å². The van der Waals surface area contributed by atoms with Crippen molar-refractivity contribution < 1.29 is 9.18 Å². The normalized spacial score (nSPS) is 10.2. The molecule has 1 aromatic carbocycles. The van der Waals surface area contributed by atoms with E-state index in [-0.39, 0.29) is 5.69 Å². The molecule has 2 N–H and O–H groups in total. The molecule has 1 radical (unpaired) electrons. The third-order valence-corrected chi connectivity index (χ3v) is 1.86. The molecule has 5 heteroatoms. The molecule has 0 aliphatic heterocycles. The molecule has 4 nitrogen and oxygen atoms in total. The SMILES string of the molecule is NC(=O)c1ccn(-c2cc[c]c(F)c2)n1. The second-order valence-corrected chi connectivity index (χ2v) is 2.90. The van der Waals surface area contributed by atoms with E-state index in [2.05, 4.69) is 11.2 Å². The number of aromatic nitrogens is 2. The van der Waals surface area contributed by atoms with Crippen molar-refractivity contribution in [3.05, 3.63) is 48.0 Å². The van der Waals surface area contributed by atoms with Gasteiger partial charge >= 0.3 is 0 Å². The van der Waals surface area contributed by atoms with E-state index in [9.17, 15) is 9.18 Å². The maximum Gasteiger partial charge on any atom is 0.269 e. The van der Waals surface area contributed by atoms with Crippen LogP contribution in [-0.2, 0) is 0 Å². The lowest BCUT2D eigenvalue weighted by Crippen LogP contribution is -2.12. The van der Waals surface area contributed by atoms with Gasteiger partial charge < -0.3 is 5.73 Å². The molecule has 0 saturated heterocycles. The lowest BCUT2D eigenvalue weighted by Gasteiger charge is -1.99. The van der Waals surface area contributed by atoms with Crippen LogP contribution < -0.4 is 5.73 Å². The number of nitrogens with two attached hydrogens (primary N) is 1. The highest BCUT2D eigenvalue weighted by molar-refractivity contribution is 5.90. The van der Waals surface area contributed by atoms with Gasteiger partial charge in [-0.2, -0.15) is 5.10 Å². The second kappa shape index (κ2) is 3.53. The number of nitrogens with zero attached hydrogens (tertiary/aromatic N) is 2. The molecule has 0 aliphatic carbocycles. The van der Waals surface area contributed by atoms with Crippen molar-refractivity contribution >= 4 is 5.91 Å². The number of halogens is 1. The highest BCUT2D eigenvalue weighted by Crippen LogP contribution is 2.08. The van der Waals surface area contributed by atoms with E-state index < -0.39 is 11.7 Å². The smallest absolute Gasteiger partial charge is 0.269 e. The van der Waals surface area contributed by atoms with E-state index in [0.717, 1.165) is 0 Å². The van der Waals surface area contributed by atoms with Crippen LogP contribution in [-0.4, -0.2) is 15.7 Å². The van der Waals surface area contributed by atoms with Gasteiger partial charge in [0.15, 0.2) is 0 Å². The largest absolute Gasteiger partial charge is 0.364 e. The summed E-state index contributed by atoms with van der Waals surface area (Å²) < 4.78 is 14.2. The van der Waals surface area contributed by atoms with Crippen molar-refractivity contribution in [2.24, 2.45) is 5.73 Å². The summed E-state index contributed by atoms with van der Waals surface area (Å²) in [7, 11) is 0. The molecule has 75 valence electrons.